The highest BCUT2D eigenvalue weighted by Crippen LogP contribution is 2.29. The lowest BCUT2D eigenvalue weighted by Crippen LogP contribution is -2.52. The van der Waals surface area contributed by atoms with Gasteiger partial charge >= 0.3 is 18.3 Å². The number of nitrogens with one attached hydrogen (secondary N) is 1. The molecule has 3 aromatic rings. The van der Waals surface area contributed by atoms with E-state index in [4.69, 9.17) is 9.84 Å². The van der Waals surface area contributed by atoms with Crippen LogP contribution in [0.1, 0.15) is 31.9 Å². The van der Waals surface area contributed by atoms with E-state index in [-0.39, 0.29) is 13.1 Å². The van der Waals surface area contributed by atoms with Crippen molar-refractivity contribution in [1.82, 2.24) is 29.5 Å². The summed E-state index contributed by atoms with van der Waals surface area (Å²) in [5.74, 6) is 0.335. The monoisotopic (exact) mass is 522 g/mol. The van der Waals surface area contributed by atoms with E-state index in [0.717, 1.165) is 10.5 Å². The molecule has 2 aromatic heterocycles. The van der Waals surface area contributed by atoms with Gasteiger partial charge in [-0.25, -0.2) is 19.6 Å². The van der Waals surface area contributed by atoms with Gasteiger partial charge in [0.15, 0.2) is 5.65 Å². The van der Waals surface area contributed by atoms with E-state index in [0.29, 0.717) is 22.8 Å². The molecule has 3 amide bonds. The molecule has 0 aliphatic carbocycles. The van der Waals surface area contributed by atoms with E-state index < -0.39 is 36.8 Å². The average molecular weight is 523 g/mol. The van der Waals surface area contributed by atoms with Crippen LogP contribution >= 0.6 is 0 Å². The van der Waals surface area contributed by atoms with Crippen LogP contribution in [-0.2, 0) is 0 Å². The van der Waals surface area contributed by atoms with Gasteiger partial charge in [0.2, 0.25) is 0 Å². The van der Waals surface area contributed by atoms with E-state index in [2.05, 4.69) is 9.97 Å². The Morgan fingerprint density at radius 2 is 2.03 bits per heavy atom. The fourth-order valence-corrected chi connectivity index (χ4v) is 3.88. The molecule has 2 N–H and O–H groups in total. The molecule has 1 unspecified atom stereocenters. The number of rotatable bonds is 9. The third kappa shape index (κ3) is 6.40. The van der Waals surface area contributed by atoms with E-state index in [1.54, 1.807) is 49.0 Å². The van der Waals surface area contributed by atoms with E-state index in [9.17, 15) is 22.8 Å². The van der Waals surface area contributed by atoms with Crippen LogP contribution < -0.4 is 10.1 Å². The summed E-state index contributed by atoms with van der Waals surface area (Å²) in [7, 11) is 2.66. The molecular weight excluding hydrogens is 493 g/mol. The normalized spacial score (nSPS) is 13.2. The number of amides is 3. The van der Waals surface area contributed by atoms with Crippen LogP contribution in [0.2, 0.25) is 0 Å². The van der Waals surface area contributed by atoms with Gasteiger partial charge < -0.3 is 29.4 Å². The second-order valence-corrected chi connectivity index (χ2v) is 8.42. The Morgan fingerprint density at radius 1 is 1.30 bits per heavy atom. The van der Waals surface area contributed by atoms with Gasteiger partial charge in [0.1, 0.15) is 6.04 Å². The van der Waals surface area contributed by atoms with Crippen molar-refractivity contribution in [2.75, 3.05) is 27.2 Å². The Bertz CT molecular complexity index is 1250. The first kappa shape index (κ1) is 27.6. The van der Waals surface area contributed by atoms with Gasteiger partial charge in [-0.05, 0) is 31.9 Å². The number of carbonyl (C=O) groups excluding carboxylic acids is 1. The molecule has 0 aliphatic heterocycles. The van der Waals surface area contributed by atoms with Crippen LogP contribution in [0.4, 0.5) is 22.8 Å². The van der Waals surface area contributed by atoms with Crippen molar-refractivity contribution >= 4 is 17.8 Å². The topological polar surface area (TPSA) is 112 Å². The highest BCUT2D eigenvalue weighted by atomic mass is 19.4. The molecule has 0 radical (unpaired) electrons. The molecule has 0 aliphatic rings. The summed E-state index contributed by atoms with van der Waals surface area (Å²) in [6, 6.07) is 3.52. The number of imidazole rings is 1. The minimum Gasteiger partial charge on any atom is -0.478 e. The standard InChI is InChI=1S/C24H29F3N6O4/c1-5-33(22(34)30-19(24(25,26)27)9-11-31(3)23(35)36)15(2)16-7-6-8-17(13-16)18-14-32-12-10-28-20(32)21(29-18)37-4/h6-8,10,12-15,19H,5,9,11H2,1-4H3,(H,30,34)(H,35,36)/t15-,19?/m1/s1. The predicted octanol–water partition coefficient (Wildman–Crippen LogP) is 4.43. The Kier molecular flexibility index (Phi) is 8.46. The van der Waals surface area contributed by atoms with Crippen LogP contribution in [0.15, 0.2) is 42.9 Å². The summed E-state index contributed by atoms with van der Waals surface area (Å²) in [5.41, 5.74) is 2.55. The quantitative estimate of drug-likeness (QED) is 0.430. The average Bonchev–Trinajstić information content (AvgIpc) is 3.34. The number of hydrogen-bond donors (Lipinski definition) is 2. The number of fused-ring (bicyclic) bond motifs is 1. The molecule has 2 atom stereocenters. The van der Waals surface area contributed by atoms with Gasteiger partial charge in [0.05, 0.1) is 18.8 Å². The van der Waals surface area contributed by atoms with Gasteiger partial charge in [-0.2, -0.15) is 13.2 Å². The zero-order chi connectivity index (χ0) is 27.3. The molecule has 37 heavy (non-hydrogen) atoms. The van der Waals surface area contributed by atoms with Crippen LogP contribution in [0, 0.1) is 0 Å². The van der Waals surface area contributed by atoms with E-state index in [1.807, 2.05) is 17.4 Å². The van der Waals surface area contributed by atoms with Crippen molar-refractivity contribution in [2.24, 2.45) is 0 Å². The molecule has 0 saturated carbocycles. The van der Waals surface area contributed by atoms with Gasteiger partial charge in [0, 0.05) is 44.3 Å². The van der Waals surface area contributed by atoms with Gasteiger partial charge in [-0.15, -0.1) is 0 Å². The van der Waals surface area contributed by atoms with Crippen LogP contribution in [-0.4, -0.2) is 80.9 Å². The summed E-state index contributed by atoms with van der Waals surface area (Å²) in [6.45, 7) is 3.14. The predicted molar refractivity (Wildman–Crippen MR) is 129 cm³/mol. The Morgan fingerprint density at radius 3 is 2.65 bits per heavy atom. The number of urea groups is 1. The minimum absolute atomic E-state index is 0.143. The third-order valence-electron chi connectivity index (χ3n) is 6.04. The van der Waals surface area contributed by atoms with Crippen LogP contribution in [0.3, 0.4) is 0 Å². The first-order valence-corrected chi connectivity index (χ1v) is 11.5. The Hall–Kier alpha value is -4.03. The number of alkyl halides is 3. The molecule has 2 heterocycles. The lowest BCUT2D eigenvalue weighted by Gasteiger charge is -2.32. The highest BCUT2D eigenvalue weighted by molar-refractivity contribution is 5.75. The SMILES string of the molecule is CCN(C(=O)NC(CCN(C)C(=O)O)C(F)(F)F)[C@H](C)c1cccc(-c2cn3ccnc3c(OC)n2)c1. The number of hydrogen-bond acceptors (Lipinski definition) is 5. The van der Waals surface area contributed by atoms with Crippen molar-refractivity contribution in [2.45, 2.75) is 38.5 Å². The Balaban J connectivity index is 1.82. The number of carbonyl (C=O) groups is 2. The number of nitrogens with zero attached hydrogens (tertiary/aromatic N) is 5. The van der Waals surface area contributed by atoms with Crippen LogP contribution in [0.25, 0.3) is 16.9 Å². The number of methoxy groups -OCH3 is 1. The molecule has 0 bridgehead atoms. The number of carboxylic acid groups (broad SMARTS) is 1. The largest absolute Gasteiger partial charge is 0.478 e. The van der Waals surface area contributed by atoms with E-state index >= 15 is 0 Å². The van der Waals surface area contributed by atoms with Crippen molar-refractivity contribution in [1.29, 1.82) is 0 Å². The fraction of sp³-hybridized carbons (Fsp3) is 0.417. The van der Waals surface area contributed by atoms with E-state index in [1.165, 1.54) is 19.1 Å². The number of benzene rings is 1. The smallest absolute Gasteiger partial charge is 0.408 e. The first-order valence-electron chi connectivity index (χ1n) is 11.5. The molecule has 0 fully saturated rings. The fourth-order valence-electron chi connectivity index (χ4n) is 3.88. The second-order valence-electron chi connectivity index (χ2n) is 8.42. The van der Waals surface area contributed by atoms with Crippen molar-refractivity contribution in [3.05, 3.63) is 48.4 Å². The first-order chi connectivity index (χ1) is 17.5. The lowest BCUT2D eigenvalue weighted by molar-refractivity contribution is -0.155. The third-order valence-corrected chi connectivity index (χ3v) is 6.04. The highest BCUT2D eigenvalue weighted by Gasteiger charge is 2.41. The molecule has 10 nitrogen and oxygen atoms in total. The Labute approximate surface area is 211 Å². The summed E-state index contributed by atoms with van der Waals surface area (Å²) in [4.78, 5) is 34.6. The van der Waals surface area contributed by atoms with Crippen molar-refractivity contribution in [3.8, 4) is 17.1 Å². The lowest BCUT2D eigenvalue weighted by atomic mass is 10.0. The zero-order valence-electron chi connectivity index (χ0n) is 20.9. The summed E-state index contributed by atoms with van der Waals surface area (Å²) in [5, 5.41) is 10.9. The maximum absolute atomic E-state index is 13.6. The molecular formula is C24H29F3N6O4. The van der Waals surface area contributed by atoms with Crippen molar-refractivity contribution < 1.29 is 32.6 Å². The van der Waals surface area contributed by atoms with Gasteiger partial charge in [-0.1, -0.05) is 18.2 Å². The minimum atomic E-state index is -4.74. The second kappa shape index (κ2) is 11.4. The maximum atomic E-state index is 13.6. The van der Waals surface area contributed by atoms with Crippen molar-refractivity contribution in [3.63, 3.8) is 0 Å². The number of halogens is 3. The van der Waals surface area contributed by atoms with Gasteiger partial charge in [-0.3, -0.25) is 0 Å². The molecule has 13 heteroatoms. The molecule has 1 aromatic carbocycles. The maximum Gasteiger partial charge on any atom is 0.408 e. The summed E-state index contributed by atoms with van der Waals surface area (Å²) >= 11 is 0. The summed E-state index contributed by atoms with van der Waals surface area (Å²) < 4.78 is 47.9. The zero-order valence-corrected chi connectivity index (χ0v) is 20.9. The number of ether oxygens (including phenoxy) is 1. The molecule has 0 saturated heterocycles. The number of aromatic nitrogens is 3. The van der Waals surface area contributed by atoms with Crippen LogP contribution in [0.5, 0.6) is 5.88 Å². The molecule has 200 valence electrons. The molecule has 3 rings (SSSR count). The summed E-state index contributed by atoms with van der Waals surface area (Å²) in [6.07, 6.45) is -1.55. The molecule has 0 spiro atoms. The van der Waals surface area contributed by atoms with Gasteiger partial charge in [0.25, 0.3) is 5.88 Å².